The van der Waals surface area contributed by atoms with E-state index in [1.54, 1.807) is 64.3 Å². The number of nitrogens with zero attached hydrogens (tertiary/aromatic N) is 6. The van der Waals surface area contributed by atoms with Gasteiger partial charge in [-0.1, -0.05) is 24.1 Å². The molecule has 2 saturated heterocycles. The van der Waals surface area contributed by atoms with E-state index in [4.69, 9.17) is 4.74 Å². The fourth-order valence-corrected chi connectivity index (χ4v) is 8.60. The molecule has 3 aromatic carbocycles. The lowest BCUT2D eigenvalue weighted by Crippen LogP contribution is -2.54. The Kier molecular flexibility index (Phi) is 12.6. The predicted octanol–water partition coefficient (Wildman–Crippen LogP) is 4.56. The van der Waals surface area contributed by atoms with E-state index in [1.807, 2.05) is 11.8 Å². The Balaban J connectivity index is 0.809. The number of ether oxygens (including phenoxy) is 1. The molecule has 2 N–H and O–H groups in total. The molecule has 19 heteroatoms. The second kappa shape index (κ2) is 18.5. The number of halogens is 3. The minimum absolute atomic E-state index is 0.0135. The number of piperidine rings is 1. The molecule has 0 aliphatic carbocycles. The molecule has 8 rings (SSSR count). The number of aryl methyl sites for hydroxylation is 1. The standard InChI is InChI=1S/C45H39F3N8O7S/c1-27-7-8-29(22-28(27)10-12-32-24-49-37-6-3-15-50-56(32)37)41(59)51-31-11-9-30(34(23-31)45(46,47)48)25-53-16-18-54(19-17-53)39(58)26-63-20-21-64-36-5-2-4-33-40(36)44(62)55(43(33)61)35-13-14-38(57)52-42(35)60/h2-9,11,15,22-24,35H,13-14,16-21,25-26H2,1H3,(H,51,59)(H,52,57,60). The molecule has 0 bridgehead atoms. The normalized spacial score (nSPS) is 16.7. The molecule has 328 valence electrons. The number of hydrogen-bond acceptors (Lipinski definition) is 11. The zero-order valence-electron chi connectivity index (χ0n) is 34.2. The molecule has 64 heavy (non-hydrogen) atoms. The largest absolute Gasteiger partial charge is 0.416 e. The molecule has 3 aliphatic rings. The highest BCUT2D eigenvalue weighted by molar-refractivity contribution is 7.99. The van der Waals surface area contributed by atoms with Crippen LogP contribution in [0.5, 0.6) is 0 Å². The van der Waals surface area contributed by atoms with Crippen LogP contribution >= 0.6 is 11.8 Å². The monoisotopic (exact) mass is 892 g/mol. The summed E-state index contributed by atoms with van der Waals surface area (Å²) >= 11 is 1.26. The maximum atomic E-state index is 14.4. The van der Waals surface area contributed by atoms with Crippen LogP contribution in [0.2, 0.25) is 0 Å². The van der Waals surface area contributed by atoms with E-state index < -0.39 is 47.3 Å². The van der Waals surface area contributed by atoms with Crippen LogP contribution < -0.4 is 10.6 Å². The number of carbonyl (C=O) groups excluding carboxylic acids is 6. The molecule has 2 aromatic heterocycles. The van der Waals surface area contributed by atoms with Gasteiger partial charge in [-0.15, -0.1) is 11.8 Å². The van der Waals surface area contributed by atoms with Gasteiger partial charge < -0.3 is 15.0 Å². The summed E-state index contributed by atoms with van der Waals surface area (Å²) in [4.78, 5) is 85.8. The number of amides is 6. The average Bonchev–Trinajstić information content (AvgIpc) is 3.80. The fraction of sp³-hybridized carbons (Fsp3) is 0.289. The summed E-state index contributed by atoms with van der Waals surface area (Å²) in [5.41, 5.74) is 2.23. The van der Waals surface area contributed by atoms with E-state index >= 15 is 0 Å². The molecule has 6 amide bonds. The average molecular weight is 893 g/mol. The first kappa shape index (κ1) is 43.8. The maximum Gasteiger partial charge on any atom is 0.416 e. The van der Waals surface area contributed by atoms with Gasteiger partial charge in [0, 0.05) is 72.8 Å². The zero-order chi connectivity index (χ0) is 45.1. The molecule has 2 fully saturated rings. The number of imidazole rings is 1. The number of carbonyl (C=O) groups is 6. The number of imide groups is 2. The van der Waals surface area contributed by atoms with Crippen LogP contribution in [-0.2, 0) is 31.8 Å². The van der Waals surface area contributed by atoms with E-state index in [-0.39, 0.29) is 79.5 Å². The molecule has 1 atom stereocenters. The van der Waals surface area contributed by atoms with Crippen molar-refractivity contribution in [3.63, 3.8) is 0 Å². The number of anilines is 1. The quantitative estimate of drug-likeness (QED) is 0.0824. The van der Waals surface area contributed by atoms with Gasteiger partial charge in [0.1, 0.15) is 18.3 Å². The number of piperazine rings is 1. The summed E-state index contributed by atoms with van der Waals surface area (Å²) < 4.78 is 50.4. The summed E-state index contributed by atoms with van der Waals surface area (Å²) in [5, 5.41) is 9.01. The third-order valence-electron chi connectivity index (χ3n) is 11.0. The van der Waals surface area contributed by atoms with Gasteiger partial charge in [0.25, 0.3) is 17.7 Å². The summed E-state index contributed by atoms with van der Waals surface area (Å²) in [6, 6.07) is 15.9. The van der Waals surface area contributed by atoms with Crippen LogP contribution in [0.3, 0.4) is 0 Å². The molecule has 15 nitrogen and oxygen atoms in total. The van der Waals surface area contributed by atoms with E-state index in [0.717, 1.165) is 16.5 Å². The van der Waals surface area contributed by atoms with Gasteiger partial charge in [0.05, 0.1) is 29.5 Å². The summed E-state index contributed by atoms with van der Waals surface area (Å²) in [7, 11) is 0. The number of aromatic nitrogens is 3. The van der Waals surface area contributed by atoms with Gasteiger partial charge in [-0.3, -0.25) is 43.9 Å². The Morgan fingerprint density at radius 2 is 1.78 bits per heavy atom. The van der Waals surface area contributed by atoms with E-state index in [9.17, 15) is 41.9 Å². The van der Waals surface area contributed by atoms with Crippen molar-refractivity contribution in [2.45, 2.75) is 43.4 Å². The van der Waals surface area contributed by atoms with E-state index in [1.165, 1.54) is 30.0 Å². The van der Waals surface area contributed by atoms with Crippen LogP contribution in [0.4, 0.5) is 18.9 Å². The molecule has 0 spiro atoms. The van der Waals surface area contributed by atoms with Crippen LogP contribution in [0.25, 0.3) is 5.65 Å². The lowest BCUT2D eigenvalue weighted by molar-refractivity contribution is -0.139. The SMILES string of the molecule is Cc1ccc(C(=O)Nc2ccc(CN3CCN(C(=O)COCCSc4cccc5c4C(=O)N(C4CCC(=O)NC4=O)C5=O)CC3)c(C(F)(F)F)c2)cc1C#Cc1cnc2cccnn12. The first-order chi connectivity index (χ1) is 30.7. The molecule has 0 radical (unpaired) electrons. The maximum absolute atomic E-state index is 14.4. The second-order valence-corrected chi connectivity index (χ2v) is 16.4. The van der Waals surface area contributed by atoms with Gasteiger partial charge in [0.2, 0.25) is 17.7 Å². The van der Waals surface area contributed by atoms with Crippen LogP contribution in [0.15, 0.2) is 84.0 Å². The molecule has 0 saturated carbocycles. The smallest absolute Gasteiger partial charge is 0.371 e. The van der Waals surface area contributed by atoms with Crippen molar-refractivity contribution in [1.29, 1.82) is 0 Å². The third-order valence-corrected chi connectivity index (χ3v) is 12.1. The molecule has 1 unspecified atom stereocenters. The van der Waals surface area contributed by atoms with Crippen molar-refractivity contribution in [3.05, 3.63) is 124 Å². The van der Waals surface area contributed by atoms with Crippen LogP contribution in [0.1, 0.15) is 71.9 Å². The second-order valence-electron chi connectivity index (χ2n) is 15.2. The van der Waals surface area contributed by atoms with Crippen molar-refractivity contribution in [3.8, 4) is 11.8 Å². The number of alkyl halides is 3. The number of rotatable bonds is 11. The van der Waals surface area contributed by atoms with E-state index in [0.29, 0.717) is 40.6 Å². The number of hydrogen-bond donors (Lipinski definition) is 2. The van der Waals surface area contributed by atoms with Gasteiger partial charge in [0.15, 0.2) is 5.65 Å². The fourth-order valence-electron chi connectivity index (χ4n) is 7.66. The lowest BCUT2D eigenvalue weighted by Gasteiger charge is -2.35. The van der Waals surface area contributed by atoms with Crippen molar-refractivity contribution in [2.24, 2.45) is 0 Å². The Morgan fingerprint density at radius 3 is 2.56 bits per heavy atom. The number of thioether (sulfide) groups is 1. The Hall–Kier alpha value is -6.88. The Labute approximate surface area is 368 Å². The first-order valence-corrected chi connectivity index (χ1v) is 21.2. The molecule has 3 aliphatic heterocycles. The van der Waals surface area contributed by atoms with Gasteiger partial charge >= 0.3 is 6.18 Å². The van der Waals surface area contributed by atoms with E-state index in [2.05, 4.69) is 32.6 Å². The molecular formula is C45H39F3N8O7S. The van der Waals surface area contributed by atoms with Crippen molar-refractivity contribution in [1.82, 2.24) is 34.6 Å². The highest BCUT2D eigenvalue weighted by Crippen LogP contribution is 2.36. The van der Waals surface area contributed by atoms with Crippen LogP contribution in [0, 0.1) is 18.8 Å². The summed E-state index contributed by atoms with van der Waals surface area (Å²) in [6.45, 7) is 2.93. The Bertz CT molecular complexity index is 2780. The summed E-state index contributed by atoms with van der Waals surface area (Å²) in [5.74, 6) is 3.16. The first-order valence-electron chi connectivity index (χ1n) is 20.2. The molecular weight excluding hydrogens is 854 g/mol. The Morgan fingerprint density at radius 1 is 0.969 bits per heavy atom. The zero-order valence-corrected chi connectivity index (χ0v) is 35.1. The molecule has 5 heterocycles. The molecule has 5 aromatic rings. The van der Waals surface area contributed by atoms with Crippen molar-refractivity contribution >= 4 is 58.5 Å². The van der Waals surface area contributed by atoms with Crippen molar-refractivity contribution < 1.29 is 46.7 Å². The van der Waals surface area contributed by atoms with Crippen LogP contribution in [-0.4, -0.2) is 116 Å². The lowest BCUT2D eigenvalue weighted by atomic mass is 10.0. The van der Waals surface area contributed by atoms with Gasteiger partial charge in [-0.25, -0.2) is 9.50 Å². The highest BCUT2D eigenvalue weighted by Gasteiger charge is 2.45. The minimum atomic E-state index is -4.70. The van der Waals surface area contributed by atoms with Gasteiger partial charge in [-0.05, 0) is 78.9 Å². The predicted molar refractivity (Wildman–Crippen MR) is 226 cm³/mol. The summed E-state index contributed by atoms with van der Waals surface area (Å²) in [6.07, 6.45) is -1.44. The number of nitrogens with one attached hydrogen (secondary N) is 2. The number of fused-ring (bicyclic) bond motifs is 2. The topological polar surface area (TPSA) is 176 Å². The highest BCUT2D eigenvalue weighted by atomic mass is 32.2. The third kappa shape index (κ3) is 9.39. The number of benzene rings is 3. The van der Waals surface area contributed by atoms with Crippen molar-refractivity contribution in [2.75, 3.05) is 50.5 Å². The van der Waals surface area contributed by atoms with Gasteiger partial charge in [-0.2, -0.15) is 18.3 Å². The minimum Gasteiger partial charge on any atom is -0.371 e.